The first kappa shape index (κ1) is 16.2. The van der Waals surface area contributed by atoms with Crippen molar-refractivity contribution in [3.8, 4) is 0 Å². The summed E-state index contributed by atoms with van der Waals surface area (Å²) in [6.07, 6.45) is 0.667. The van der Waals surface area contributed by atoms with Crippen molar-refractivity contribution in [2.24, 2.45) is 0 Å². The molecule has 0 unspecified atom stereocenters. The number of rotatable bonds is 5. The lowest BCUT2D eigenvalue weighted by Crippen LogP contribution is -2.17. The SMILES string of the molecule is CCS(=O)(=O)CCn1nc(C(C)(C)C)c(C=O)c1Cl. The molecule has 0 atom stereocenters. The van der Waals surface area contributed by atoms with Crippen molar-refractivity contribution in [2.45, 2.75) is 39.7 Å². The number of sulfone groups is 1. The highest BCUT2D eigenvalue weighted by molar-refractivity contribution is 7.91. The highest BCUT2D eigenvalue weighted by Gasteiger charge is 2.26. The lowest BCUT2D eigenvalue weighted by molar-refractivity contribution is 0.112. The summed E-state index contributed by atoms with van der Waals surface area (Å²) in [7, 11) is -3.09. The molecule has 19 heavy (non-hydrogen) atoms. The second kappa shape index (κ2) is 5.63. The van der Waals surface area contributed by atoms with Gasteiger partial charge >= 0.3 is 0 Å². The average Bonchev–Trinajstić information content (AvgIpc) is 2.63. The molecule has 0 aliphatic rings. The highest BCUT2D eigenvalue weighted by Crippen LogP contribution is 2.28. The molecule has 0 fully saturated rings. The summed E-state index contributed by atoms with van der Waals surface area (Å²) in [6, 6.07) is 0. The van der Waals surface area contributed by atoms with E-state index in [0.29, 0.717) is 17.5 Å². The van der Waals surface area contributed by atoms with Gasteiger partial charge in [-0.3, -0.25) is 9.48 Å². The van der Waals surface area contributed by atoms with E-state index in [0.717, 1.165) is 0 Å². The molecule has 0 aromatic carbocycles. The van der Waals surface area contributed by atoms with Gasteiger partial charge in [-0.1, -0.05) is 39.3 Å². The normalized spacial score (nSPS) is 12.7. The maximum absolute atomic E-state index is 11.5. The lowest BCUT2D eigenvalue weighted by atomic mass is 9.90. The Morgan fingerprint density at radius 2 is 1.95 bits per heavy atom. The van der Waals surface area contributed by atoms with Gasteiger partial charge in [0, 0.05) is 11.2 Å². The average molecular weight is 307 g/mol. The molecule has 1 aromatic heterocycles. The molecule has 1 aromatic rings. The molecule has 0 aliphatic carbocycles. The van der Waals surface area contributed by atoms with Crippen LogP contribution in [0.1, 0.15) is 43.7 Å². The highest BCUT2D eigenvalue weighted by atomic mass is 35.5. The molecule has 0 aliphatic heterocycles. The zero-order valence-corrected chi connectivity index (χ0v) is 13.2. The van der Waals surface area contributed by atoms with E-state index in [9.17, 15) is 13.2 Å². The number of aromatic nitrogens is 2. The van der Waals surface area contributed by atoms with Crippen LogP contribution in [0.25, 0.3) is 0 Å². The van der Waals surface area contributed by atoms with Crippen molar-refractivity contribution in [1.29, 1.82) is 0 Å². The minimum absolute atomic E-state index is 0.0349. The van der Waals surface area contributed by atoms with E-state index < -0.39 is 9.84 Å². The molecule has 0 N–H and O–H groups in total. The van der Waals surface area contributed by atoms with E-state index in [4.69, 9.17) is 11.6 Å². The van der Waals surface area contributed by atoms with Crippen LogP contribution in [0.2, 0.25) is 5.15 Å². The number of aryl methyl sites for hydroxylation is 1. The Morgan fingerprint density at radius 3 is 2.32 bits per heavy atom. The number of carbonyl (C=O) groups excluding carboxylic acids is 1. The van der Waals surface area contributed by atoms with Crippen LogP contribution in [0.15, 0.2) is 0 Å². The van der Waals surface area contributed by atoms with Crippen LogP contribution in [0, 0.1) is 0 Å². The smallest absolute Gasteiger partial charge is 0.155 e. The van der Waals surface area contributed by atoms with Crippen LogP contribution in [-0.4, -0.2) is 36.0 Å². The van der Waals surface area contributed by atoms with Crippen LogP contribution >= 0.6 is 11.6 Å². The lowest BCUT2D eigenvalue weighted by Gasteiger charge is -2.15. The summed E-state index contributed by atoms with van der Waals surface area (Å²) in [5, 5.41) is 4.48. The van der Waals surface area contributed by atoms with Crippen LogP contribution in [0.5, 0.6) is 0 Å². The Bertz CT molecular complexity index is 571. The van der Waals surface area contributed by atoms with Crippen LogP contribution < -0.4 is 0 Å². The minimum atomic E-state index is -3.09. The van der Waals surface area contributed by atoms with Gasteiger partial charge in [-0.05, 0) is 0 Å². The van der Waals surface area contributed by atoms with Crippen molar-refractivity contribution in [2.75, 3.05) is 11.5 Å². The van der Waals surface area contributed by atoms with Gasteiger partial charge in [0.1, 0.15) is 5.15 Å². The Kier molecular flexibility index (Phi) is 4.79. The Balaban J connectivity index is 3.11. The monoisotopic (exact) mass is 306 g/mol. The predicted octanol–water partition coefficient (Wildman–Crippen LogP) is 2.08. The van der Waals surface area contributed by atoms with Crippen molar-refractivity contribution in [1.82, 2.24) is 9.78 Å². The summed E-state index contributed by atoms with van der Waals surface area (Å²) in [6.45, 7) is 7.52. The molecule has 0 amide bonds. The summed E-state index contributed by atoms with van der Waals surface area (Å²) >= 11 is 6.08. The standard InChI is InChI=1S/C12H19ClN2O3S/c1-5-19(17,18)7-6-15-11(13)9(8-16)10(14-15)12(2,3)4/h8H,5-7H2,1-4H3. The van der Waals surface area contributed by atoms with Crippen molar-refractivity contribution >= 4 is 27.7 Å². The van der Waals surface area contributed by atoms with Gasteiger partial charge in [0.2, 0.25) is 0 Å². The number of carbonyl (C=O) groups is 1. The van der Waals surface area contributed by atoms with Gasteiger partial charge in [-0.15, -0.1) is 0 Å². The van der Waals surface area contributed by atoms with E-state index in [2.05, 4.69) is 5.10 Å². The molecule has 0 bridgehead atoms. The molecular formula is C12H19ClN2O3S. The van der Waals surface area contributed by atoms with E-state index >= 15 is 0 Å². The van der Waals surface area contributed by atoms with Crippen LogP contribution in [0.4, 0.5) is 0 Å². The van der Waals surface area contributed by atoms with Gasteiger partial charge in [0.25, 0.3) is 0 Å². The number of hydrogen-bond donors (Lipinski definition) is 0. The third kappa shape index (κ3) is 3.79. The first-order valence-electron chi connectivity index (χ1n) is 6.04. The zero-order valence-electron chi connectivity index (χ0n) is 11.6. The first-order chi connectivity index (χ1) is 8.62. The number of aldehydes is 1. The molecule has 1 rings (SSSR count). The summed E-state index contributed by atoms with van der Waals surface area (Å²) < 4.78 is 24.4. The number of halogens is 1. The van der Waals surface area contributed by atoms with E-state index in [-0.39, 0.29) is 28.6 Å². The minimum Gasteiger partial charge on any atom is -0.298 e. The van der Waals surface area contributed by atoms with E-state index in [1.165, 1.54) is 4.68 Å². The Morgan fingerprint density at radius 1 is 1.37 bits per heavy atom. The van der Waals surface area contributed by atoms with E-state index in [1.807, 2.05) is 20.8 Å². The maximum Gasteiger partial charge on any atom is 0.155 e. The molecule has 0 radical (unpaired) electrons. The van der Waals surface area contributed by atoms with Gasteiger partial charge in [0.15, 0.2) is 16.1 Å². The maximum atomic E-state index is 11.5. The largest absolute Gasteiger partial charge is 0.298 e. The fraction of sp³-hybridized carbons (Fsp3) is 0.667. The molecule has 0 saturated heterocycles. The topological polar surface area (TPSA) is 69.0 Å². The summed E-state index contributed by atoms with van der Waals surface area (Å²) in [4.78, 5) is 11.1. The molecular weight excluding hydrogens is 288 g/mol. The molecule has 7 heteroatoms. The van der Waals surface area contributed by atoms with Crippen molar-refractivity contribution in [3.63, 3.8) is 0 Å². The van der Waals surface area contributed by atoms with Crippen LogP contribution in [-0.2, 0) is 21.8 Å². The van der Waals surface area contributed by atoms with Gasteiger partial charge < -0.3 is 0 Å². The van der Waals surface area contributed by atoms with Crippen LogP contribution in [0.3, 0.4) is 0 Å². The molecule has 0 saturated carbocycles. The summed E-state index contributed by atoms with van der Waals surface area (Å²) in [5.74, 6) is 0.0470. The van der Waals surface area contributed by atoms with Gasteiger partial charge in [-0.25, -0.2) is 8.42 Å². The molecule has 1 heterocycles. The summed E-state index contributed by atoms with van der Waals surface area (Å²) in [5.41, 5.74) is 0.596. The quantitative estimate of drug-likeness (QED) is 0.781. The van der Waals surface area contributed by atoms with Crippen molar-refractivity contribution in [3.05, 3.63) is 16.4 Å². The molecule has 0 spiro atoms. The predicted molar refractivity (Wildman–Crippen MR) is 75.7 cm³/mol. The fourth-order valence-corrected chi connectivity index (χ4v) is 2.63. The fourth-order valence-electron chi connectivity index (χ4n) is 1.63. The third-order valence-corrected chi connectivity index (χ3v) is 4.89. The Hall–Kier alpha value is -0.880. The van der Waals surface area contributed by atoms with E-state index in [1.54, 1.807) is 6.92 Å². The second-order valence-corrected chi connectivity index (χ2v) is 8.21. The zero-order chi connectivity index (χ0) is 14.8. The molecule has 5 nitrogen and oxygen atoms in total. The molecule has 108 valence electrons. The Labute approximate surface area is 118 Å². The number of hydrogen-bond acceptors (Lipinski definition) is 4. The van der Waals surface area contributed by atoms with Gasteiger partial charge in [0.05, 0.1) is 23.6 Å². The second-order valence-electron chi connectivity index (χ2n) is 5.38. The first-order valence-corrected chi connectivity index (χ1v) is 8.24. The third-order valence-electron chi connectivity index (χ3n) is 2.81. The van der Waals surface area contributed by atoms with Gasteiger partial charge in [-0.2, -0.15) is 5.10 Å². The number of nitrogens with zero attached hydrogens (tertiary/aromatic N) is 2. The van der Waals surface area contributed by atoms with Crippen molar-refractivity contribution < 1.29 is 13.2 Å².